The maximum absolute atomic E-state index is 10.6. The Morgan fingerprint density at radius 1 is 1.33 bits per heavy atom. The molecule has 0 bridgehead atoms. The largest absolute Gasteiger partial charge is 0.374 e. The highest BCUT2D eigenvalue weighted by Crippen LogP contribution is 2.45. The van der Waals surface area contributed by atoms with Crippen molar-refractivity contribution in [2.45, 2.75) is 37.6 Å². The van der Waals surface area contributed by atoms with Gasteiger partial charge in [0, 0.05) is 19.3 Å². The Kier molecular flexibility index (Phi) is 2.71. The Morgan fingerprint density at radius 3 is 2.83 bits per heavy atom. The van der Waals surface area contributed by atoms with Crippen LogP contribution in [0.4, 0.5) is 5.69 Å². The van der Waals surface area contributed by atoms with E-state index < -0.39 is 0 Å². The average Bonchev–Trinajstić information content (AvgIpc) is 2.34. The molecule has 0 unspecified atom stereocenters. The van der Waals surface area contributed by atoms with Crippen LogP contribution < -0.4 is 4.90 Å². The molecule has 1 aliphatic carbocycles. The number of nitrogens with zero attached hydrogens (tertiary/aromatic N) is 2. The molecule has 1 aromatic carbocycles. The Labute approximate surface area is 108 Å². The van der Waals surface area contributed by atoms with Crippen LogP contribution in [-0.2, 0) is 16.8 Å². The smallest absolute Gasteiger partial charge is 0.235 e. The molecular formula is C15H18N2O. The number of rotatable bonds is 2. The van der Waals surface area contributed by atoms with Crippen molar-refractivity contribution in [2.24, 2.45) is 4.99 Å². The fourth-order valence-electron chi connectivity index (χ4n) is 3.14. The summed E-state index contributed by atoms with van der Waals surface area (Å²) in [6.45, 7) is 1.13. The second kappa shape index (κ2) is 4.25. The third-order valence-electron chi connectivity index (χ3n) is 4.41. The van der Waals surface area contributed by atoms with Gasteiger partial charge in [-0.3, -0.25) is 0 Å². The number of benzene rings is 1. The van der Waals surface area contributed by atoms with Gasteiger partial charge in [0.25, 0.3) is 0 Å². The van der Waals surface area contributed by atoms with E-state index in [2.05, 4.69) is 35.1 Å². The number of fused-ring (bicyclic) bond motifs is 1. The minimum atomic E-state index is -0.257. The molecule has 1 aliphatic heterocycles. The summed E-state index contributed by atoms with van der Waals surface area (Å²) in [6.07, 6.45) is 7.22. The van der Waals surface area contributed by atoms with E-state index in [-0.39, 0.29) is 5.54 Å². The lowest BCUT2D eigenvalue weighted by atomic mass is 9.72. The van der Waals surface area contributed by atoms with Gasteiger partial charge in [0.15, 0.2) is 0 Å². The fourth-order valence-corrected chi connectivity index (χ4v) is 3.14. The monoisotopic (exact) mass is 242 g/mol. The standard InChI is InChI=1S/C15H18N2O/c1-17-9-2-4-12-10-13(5-6-14(12)17)15(16-11-18)7-3-8-15/h5-6,10H,2-4,7-9H2,1H3. The molecule has 3 rings (SSSR count). The van der Waals surface area contributed by atoms with Crippen molar-refractivity contribution in [1.29, 1.82) is 0 Å². The lowest BCUT2D eigenvalue weighted by molar-refractivity contribution is 0.256. The van der Waals surface area contributed by atoms with Gasteiger partial charge >= 0.3 is 0 Å². The molecule has 0 aromatic heterocycles. The minimum Gasteiger partial charge on any atom is -0.374 e. The first kappa shape index (κ1) is 11.5. The molecule has 3 heteroatoms. The van der Waals surface area contributed by atoms with E-state index in [0.717, 1.165) is 32.2 Å². The van der Waals surface area contributed by atoms with Gasteiger partial charge in [-0.05, 0) is 49.3 Å². The zero-order valence-corrected chi connectivity index (χ0v) is 10.8. The van der Waals surface area contributed by atoms with E-state index in [9.17, 15) is 4.79 Å². The molecule has 1 heterocycles. The Morgan fingerprint density at radius 2 is 2.17 bits per heavy atom. The first-order valence-electron chi connectivity index (χ1n) is 6.69. The average molecular weight is 242 g/mol. The van der Waals surface area contributed by atoms with Crippen molar-refractivity contribution in [3.8, 4) is 0 Å². The summed E-state index contributed by atoms with van der Waals surface area (Å²) >= 11 is 0. The molecule has 0 amide bonds. The van der Waals surface area contributed by atoms with Gasteiger partial charge in [-0.25, -0.2) is 4.79 Å². The van der Waals surface area contributed by atoms with Crippen molar-refractivity contribution in [3.05, 3.63) is 29.3 Å². The SMILES string of the molecule is CN1CCCc2cc(C3(N=C=O)CCC3)ccc21. The van der Waals surface area contributed by atoms with E-state index in [1.54, 1.807) is 6.08 Å². The molecule has 94 valence electrons. The molecule has 3 nitrogen and oxygen atoms in total. The number of carbonyl (C=O) groups excluding carboxylic acids is 1. The van der Waals surface area contributed by atoms with E-state index >= 15 is 0 Å². The van der Waals surface area contributed by atoms with Crippen LogP contribution in [0.15, 0.2) is 23.2 Å². The zero-order chi connectivity index (χ0) is 12.6. The van der Waals surface area contributed by atoms with Crippen LogP contribution in [-0.4, -0.2) is 19.7 Å². The molecule has 1 saturated carbocycles. The fraction of sp³-hybridized carbons (Fsp3) is 0.533. The van der Waals surface area contributed by atoms with Crippen LogP contribution in [0.3, 0.4) is 0 Å². The highest BCUT2D eigenvalue weighted by molar-refractivity contribution is 5.57. The summed E-state index contributed by atoms with van der Waals surface area (Å²) in [5.41, 5.74) is 3.67. The summed E-state index contributed by atoms with van der Waals surface area (Å²) in [7, 11) is 2.14. The van der Waals surface area contributed by atoms with Gasteiger partial charge in [0.05, 0.1) is 5.54 Å². The lowest BCUT2D eigenvalue weighted by Crippen LogP contribution is -2.32. The van der Waals surface area contributed by atoms with Crippen molar-refractivity contribution < 1.29 is 4.79 Å². The first-order chi connectivity index (χ1) is 8.75. The molecule has 0 radical (unpaired) electrons. The maximum atomic E-state index is 10.6. The van der Waals surface area contributed by atoms with Gasteiger partial charge in [0.2, 0.25) is 6.08 Å². The van der Waals surface area contributed by atoms with Gasteiger partial charge in [-0.15, -0.1) is 0 Å². The highest BCUT2D eigenvalue weighted by atomic mass is 16.1. The maximum Gasteiger partial charge on any atom is 0.235 e. The van der Waals surface area contributed by atoms with E-state index in [4.69, 9.17) is 0 Å². The molecule has 0 atom stereocenters. The third-order valence-corrected chi connectivity index (χ3v) is 4.41. The molecule has 1 aromatic rings. The highest BCUT2D eigenvalue weighted by Gasteiger charge is 2.39. The van der Waals surface area contributed by atoms with Crippen LogP contribution in [0.1, 0.15) is 36.8 Å². The predicted octanol–water partition coefficient (Wildman–Crippen LogP) is 2.78. The number of aryl methyl sites for hydroxylation is 1. The molecule has 0 spiro atoms. The number of isocyanates is 1. The summed E-state index contributed by atoms with van der Waals surface area (Å²) < 4.78 is 0. The normalized spacial score (nSPS) is 20.6. The van der Waals surface area contributed by atoms with Crippen LogP contribution >= 0.6 is 0 Å². The van der Waals surface area contributed by atoms with Crippen molar-refractivity contribution in [3.63, 3.8) is 0 Å². The number of hydrogen-bond donors (Lipinski definition) is 0. The molecular weight excluding hydrogens is 224 g/mol. The molecule has 0 N–H and O–H groups in total. The Bertz CT molecular complexity index is 513. The second-order valence-electron chi connectivity index (χ2n) is 5.46. The first-order valence-corrected chi connectivity index (χ1v) is 6.69. The van der Waals surface area contributed by atoms with Gasteiger partial charge in [-0.1, -0.05) is 12.1 Å². The molecule has 1 fully saturated rings. The van der Waals surface area contributed by atoms with Gasteiger partial charge in [0.1, 0.15) is 0 Å². The molecule has 18 heavy (non-hydrogen) atoms. The van der Waals surface area contributed by atoms with E-state index in [0.29, 0.717) is 0 Å². The summed E-state index contributed by atoms with van der Waals surface area (Å²) in [6, 6.07) is 6.58. The second-order valence-corrected chi connectivity index (χ2v) is 5.46. The summed E-state index contributed by atoms with van der Waals surface area (Å²) in [4.78, 5) is 17.0. The Balaban J connectivity index is 2.01. The summed E-state index contributed by atoms with van der Waals surface area (Å²) in [5.74, 6) is 0. The van der Waals surface area contributed by atoms with Crippen molar-refractivity contribution >= 4 is 11.8 Å². The number of hydrogen-bond acceptors (Lipinski definition) is 3. The van der Waals surface area contributed by atoms with Crippen molar-refractivity contribution in [1.82, 2.24) is 0 Å². The van der Waals surface area contributed by atoms with E-state index in [1.165, 1.54) is 23.2 Å². The number of aliphatic imine (C=N–C) groups is 1. The minimum absolute atomic E-state index is 0.257. The molecule has 2 aliphatic rings. The van der Waals surface area contributed by atoms with Crippen LogP contribution in [0.2, 0.25) is 0 Å². The quantitative estimate of drug-likeness (QED) is 0.590. The lowest BCUT2D eigenvalue weighted by Gasteiger charge is -2.38. The van der Waals surface area contributed by atoms with Crippen LogP contribution in [0.25, 0.3) is 0 Å². The Hall–Kier alpha value is -1.60. The summed E-state index contributed by atoms with van der Waals surface area (Å²) in [5, 5.41) is 0. The van der Waals surface area contributed by atoms with E-state index in [1.807, 2.05) is 0 Å². The third kappa shape index (κ3) is 1.67. The van der Waals surface area contributed by atoms with Crippen LogP contribution in [0.5, 0.6) is 0 Å². The predicted molar refractivity (Wildman–Crippen MR) is 71.7 cm³/mol. The number of anilines is 1. The molecule has 0 saturated heterocycles. The zero-order valence-electron chi connectivity index (χ0n) is 10.8. The van der Waals surface area contributed by atoms with Crippen LogP contribution in [0, 0.1) is 0 Å². The van der Waals surface area contributed by atoms with Crippen molar-refractivity contribution in [2.75, 3.05) is 18.5 Å². The topological polar surface area (TPSA) is 32.7 Å². The van der Waals surface area contributed by atoms with Gasteiger partial charge < -0.3 is 4.90 Å². The van der Waals surface area contributed by atoms with Gasteiger partial charge in [-0.2, -0.15) is 4.99 Å².